The minimum Gasteiger partial charge on any atom is -0.495 e. The number of sulfonamides is 1. The first-order valence-corrected chi connectivity index (χ1v) is 12.1. The van der Waals surface area contributed by atoms with Gasteiger partial charge in [-0.1, -0.05) is 30.3 Å². The average Bonchev–Trinajstić information content (AvgIpc) is 2.69. The van der Waals surface area contributed by atoms with Crippen molar-refractivity contribution < 1.29 is 22.7 Å². The molecule has 0 bridgehead atoms. The van der Waals surface area contributed by atoms with E-state index in [4.69, 9.17) is 9.47 Å². The van der Waals surface area contributed by atoms with Gasteiger partial charge in [-0.05, 0) is 38.5 Å². The van der Waals surface area contributed by atoms with E-state index in [1.165, 1.54) is 11.4 Å². The third-order valence-electron chi connectivity index (χ3n) is 5.23. The summed E-state index contributed by atoms with van der Waals surface area (Å²) in [6.07, 6.45) is 2.40. The average molecular weight is 447 g/mol. The first-order chi connectivity index (χ1) is 14.6. The second kappa shape index (κ2) is 9.18. The molecule has 0 fully saturated rings. The van der Waals surface area contributed by atoms with Crippen LogP contribution < -0.4 is 19.1 Å². The van der Waals surface area contributed by atoms with Crippen molar-refractivity contribution in [3.63, 3.8) is 0 Å². The number of para-hydroxylation sites is 3. The Morgan fingerprint density at radius 2 is 1.87 bits per heavy atom. The molecule has 1 aliphatic heterocycles. The highest BCUT2D eigenvalue weighted by Gasteiger charge is 2.34. The van der Waals surface area contributed by atoms with E-state index in [0.29, 0.717) is 24.3 Å². The van der Waals surface area contributed by atoms with Crippen LogP contribution in [0.1, 0.15) is 44.7 Å². The summed E-state index contributed by atoms with van der Waals surface area (Å²) in [5.41, 5.74) is 1.04. The highest BCUT2D eigenvalue weighted by atomic mass is 32.2. The quantitative estimate of drug-likeness (QED) is 0.669. The molecule has 2 aromatic rings. The Morgan fingerprint density at radius 3 is 2.58 bits per heavy atom. The van der Waals surface area contributed by atoms with E-state index in [2.05, 4.69) is 5.32 Å². The van der Waals surface area contributed by atoms with Crippen molar-refractivity contribution in [1.82, 2.24) is 5.32 Å². The summed E-state index contributed by atoms with van der Waals surface area (Å²) in [4.78, 5) is 12.7. The molecule has 0 unspecified atom stereocenters. The summed E-state index contributed by atoms with van der Waals surface area (Å²) >= 11 is 0. The van der Waals surface area contributed by atoms with E-state index in [0.717, 1.165) is 17.6 Å². The summed E-state index contributed by atoms with van der Waals surface area (Å²) in [5, 5.41) is 3.09. The smallest absolute Gasteiger partial charge is 0.232 e. The standard InChI is InChI=1S/C23H30N2O5S/c1-23(2)16-18(17-10-5-7-12-20(17)30-23)24-22(26)14-9-15-25(31(4,27)28)19-11-6-8-13-21(19)29-3/h5-8,10-13,18H,9,14-16H2,1-4H3,(H,24,26)/t18-/m0/s1. The summed E-state index contributed by atoms with van der Waals surface area (Å²) in [6, 6.07) is 14.5. The lowest BCUT2D eigenvalue weighted by molar-refractivity contribution is -0.122. The molecule has 0 radical (unpaired) electrons. The lowest BCUT2D eigenvalue weighted by atomic mass is 9.89. The fourth-order valence-electron chi connectivity index (χ4n) is 3.88. The Kier molecular flexibility index (Phi) is 6.79. The maximum absolute atomic E-state index is 12.7. The van der Waals surface area contributed by atoms with Crippen LogP contribution in [0.2, 0.25) is 0 Å². The molecule has 1 N–H and O–H groups in total. The number of hydrogen-bond donors (Lipinski definition) is 1. The van der Waals surface area contributed by atoms with Gasteiger partial charge in [-0.15, -0.1) is 0 Å². The molecule has 3 rings (SSSR count). The van der Waals surface area contributed by atoms with Crippen LogP contribution in [0.5, 0.6) is 11.5 Å². The van der Waals surface area contributed by atoms with Crippen LogP contribution >= 0.6 is 0 Å². The van der Waals surface area contributed by atoms with E-state index in [1.54, 1.807) is 24.3 Å². The lowest BCUT2D eigenvalue weighted by Crippen LogP contribution is -2.41. The van der Waals surface area contributed by atoms with Crippen molar-refractivity contribution >= 4 is 21.6 Å². The van der Waals surface area contributed by atoms with Gasteiger partial charge in [-0.3, -0.25) is 9.10 Å². The maximum atomic E-state index is 12.7. The molecule has 1 amide bonds. The fraction of sp³-hybridized carbons (Fsp3) is 0.435. The second-order valence-electron chi connectivity index (χ2n) is 8.33. The molecule has 0 spiro atoms. The monoisotopic (exact) mass is 446 g/mol. The molecule has 2 aromatic carbocycles. The molecule has 0 saturated carbocycles. The van der Waals surface area contributed by atoms with Gasteiger partial charge in [-0.25, -0.2) is 8.42 Å². The van der Waals surface area contributed by atoms with Crippen molar-refractivity contribution in [1.29, 1.82) is 0 Å². The minimum absolute atomic E-state index is 0.119. The van der Waals surface area contributed by atoms with Gasteiger partial charge in [0.25, 0.3) is 0 Å². The number of carbonyl (C=O) groups excluding carboxylic acids is 1. The highest BCUT2D eigenvalue weighted by Crippen LogP contribution is 2.39. The Bertz CT molecular complexity index is 1040. The first-order valence-electron chi connectivity index (χ1n) is 10.3. The Morgan fingerprint density at radius 1 is 1.19 bits per heavy atom. The van der Waals surface area contributed by atoms with Crippen LogP contribution in [-0.4, -0.2) is 39.8 Å². The molecular formula is C23H30N2O5S. The summed E-state index contributed by atoms with van der Waals surface area (Å²) < 4.78 is 37.3. The van der Waals surface area contributed by atoms with Crippen molar-refractivity contribution in [3.05, 3.63) is 54.1 Å². The molecule has 0 aliphatic carbocycles. The Hall–Kier alpha value is -2.74. The number of nitrogens with zero attached hydrogens (tertiary/aromatic N) is 1. The van der Waals surface area contributed by atoms with E-state index < -0.39 is 10.0 Å². The molecule has 8 heteroatoms. The van der Waals surface area contributed by atoms with Crippen molar-refractivity contribution in [2.75, 3.05) is 24.2 Å². The predicted molar refractivity (Wildman–Crippen MR) is 121 cm³/mol. The number of hydrogen-bond acceptors (Lipinski definition) is 5. The third kappa shape index (κ3) is 5.70. The lowest BCUT2D eigenvalue weighted by Gasteiger charge is -2.37. The van der Waals surface area contributed by atoms with Crippen molar-refractivity contribution in [2.24, 2.45) is 0 Å². The van der Waals surface area contributed by atoms with Crippen LogP contribution in [0.15, 0.2) is 48.5 Å². The molecular weight excluding hydrogens is 416 g/mol. The van der Waals surface area contributed by atoms with Crippen molar-refractivity contribution in [2.45, 2.75) is 44.8 Å². The maximum Gasteiger partial charge on any atom is 0.232 e. The van der Waals surface area contributed by atoms with E-state index >= 15 is 0 Å². The molecule has 0 aromatic heterocycles. The van der Waals surface area contributed by atoms with Gasteiger partial charge in [0.1, 0.15) is 17.1 Å². The third-order valence-corrected chi connectivity index (χ3v) is 6.41. The van der Waals surface area contributed by atoms with E-state index in [-0.39, 0.29) is 30.5 Å². The molecule has 1 aliphatic rings. The number of amides is 1. The molecule has 7 nitrogen and oxygen atoms in total. The molecule has 0 saturated heterocycles. The molecule has 31 heavy (non-hydrogen) atoms. The summed E-state index contributed by atoms with van der Waals surface area (Å²) in [5.74, 6) is 1.13. The van der Waals surface area contributed by atoms with Gasteiger partial charge in [0, 0.05) is 24.9 Å². The summed E-state index contributed by atoms with van der Waals surface area (Å²) in [6.45, 7) is 4.18. The van der Waals surface area contributed by atoms with Gasteiger partial charge in [0.15, 0.2) is 0 Å². The van der Waals surface area contributed by atoms with Gasteiger partial charge < -0.3 is 14.8 Å². The number of rotatable bonds is 8. The van der Waals surface area contributed by atoms with Gasteiger partial charge in [0.05, 0.1) is 25.1 Å². The zero-order valence-electron chi connectivity index (χ0n) is 18.4. The normalized spacial score (nSPS) is 17.2. The van der Waals surface area contributed by atoms with Crippen LogP contribution in [0.4, 0.5) is 5.69 Å². The first kappa shape index (κ1) is 22.9. The van der Waals surface area contributed by atoms with Crippen LogP contribution in [0, 0.1) is 0 Å². The second-order valence-corrected chi connectivity index (χ2v) is 10.2. The van der Waals surface area contributed by atoms with E-state index in [9.17, 15) is 13.2 Å². The number of ether oxygens (including phenoxy) is 2. The summed E-state index contributed by atoms with van der Waals surface area (Å²) in [7, 11) is -2.03. The molecule has 1 heterocycles. The number of anilines is 1. The van der Waals surface area contributed by atoms with E-state index in [1.807, 2.05) is 38.1 Å². The highest BCUT2D eigenvalue weighted by molar-refractivity contribution is 7.92. The SMILES string of the molecule is COc1ccccc1N(CCCC(=O)N[C@H]1CC(C)(C)Oc2ccccc21)S(C)(=O)=O. The molecule has 1 atom stereocenters. The largest absolute Gasteiger partial charge is 0.495 e. The zero-order chi connectivity index (χ0) is 22.6. The number of carbonyl (C=O) groups is 1. The fourth-order valence-corrected chi connectivity index (χ4v) is 4.85. The number of methoxy groups -OCH3 is 1. The van der Waals surface area contributed by atoms with Crippen LogP contribution in [0.25, 0.3) is 0 Å². The topological polar surface area (TPSA) is 84.9 Å². The Balaban J connectivity index is 1.65. The van der Waals surface area contributed by atoms with Crippen molar-refractivity contribution in [3.8, 4) is 11.5 Å². The van der Waals surface area contributed by atoms with Gasteiger partial charge >= 0.3 is 0 Å². The van der Waals surface area contributed by atoms with Gasteiger partial charge in [0.2, 0.25) is 15.9 Å². The van der Waals surface area contributed by atoms with Gasteiger partial charge in [-0.2, -0.15) is 0 Å². The Labute approximate surface area is 184 Å². The predicted octanol–water partition coefficient (Wildman–Crippen LogP) is 3.66. The van der Waals surface area contributed by atoms with Crippen LogP contribution in [0.3, 0.4) is 0 Å². The number of fused-ring (bicyclic) bond motifs is 1. The molecule has 168 valence electrons. The number of nitrogens with one attached hydrogen (secondary N) is 1. The zero-order valence-corrected chi connectivity index (χ0v) is 19.2. The van der Waals surface area contributed by atoms with Crippen LogP contribution in [-0.2, 0) is 14.8 Å². The number of benzene rings is 2. The minimum atomic E-state index is -3.53.